The third-order valence-electron chi connectivity index (χ3n) is 4.76. The molecule has 1 aliphatic heterocycles. The number of para-hydroxylation sites is 1. The lowest BCUT2D eigenvalue weighted by Gasteiger charge is -2.26. The molecule has 0 spiro atoms. The van der Waals surface area contributed by atoms with Crippen molar-refractivity contribution < 1.29 is 12.8 Å². The van der Waals surface area contributed by atoms with Gasteiger partial charge in [-0.2, -0.15) is 0 Å². The van der Waals surface area contributed by atoms with E-state index in [1.54, 1.807) is 0 Å². The van der Waals surface area contributed by atoms with Gasteiger partial charge in [-0.3, -0.25) is 0 Å². The first-order valence-electron chi connectivity index (χ1n) is 8.31. The first-order valence-corrected chi connectivity index (χ1v) is 9.79. The third kappa shape index (κ3) is 3.07. The molecule has 0 saturated heterocycles. The van der Waals surface area contributed by atoms with Gasteiger partial charge in [-0.05, 0) is 48.1 Å². The number of benzene rings is 2. The molecule has 1 aliphatic rings. The van der Waals surface area contributed by atoms with E-state index < -0.39 is 16.7 Å². The Morgan fingerprint density at radius 2 is 1.88 bits per heavy atom. The summed E-state index contributed by atoms with van der Waals surface area (Å²) < 4.78 is 42.8. The SMILES string of the molecule is O=S(=O)(NC1CCc2cc3ccccc3n2C1)c1ccc(CF)cc1. The number of nitrogens with zero attached hydrogens (tertiary/aromatic N) is 1. The highest BCUT2D eigenvalue weighted by Gasteiger charge is 2.25. The average Bonchev–Trinajstić information content (AvgIpc) is 2.99. The molecule has 4 rings (SSSR count). The lowest BCUT2D eigenvalue weighted by Crippen LogP contribution is -2.40. The van der Waals surface area contributed by atoms with E-state index in [-0.39, 0.29) is 10.9 Å². The number of hydrogen-bond acceptors (Lipinski definition) is 2. The Hall–Kier alpha value is -2.18. The fraction of sp³-hybridized carbons (Fsp3) is 0.263. The van der Waals surface area contributed by atoms with Crippen LogP contribution in [0.4, 0.5) is 4.39 Å². The summed E-state index contributed by atoms with van der Waals surface area (Å²) in [4.78, 5) is 0.174. The van der Waals surface area contributed by atoms with Crippen LogP contribution < -0.4 is 4.72 Å². The molecule has 6 heteroatoms. The molecule has 1 atom stereocenters. The number of aromatic nitrogens is 1. The minimum absolute atomic E-state index is 0.158. The normalized spacial score (nSPS) is 17.6. The van der Waals surface area contributed by atoms with E-state index in [0.717, 1.165) is 18.4 Å². The Morgan fingerprint density at radius 3 is 2.64 bits per heavy atom. The first kappa shape index (κ1) is 16.3. The molecule has 0 fully saturated rings. The Kier molecular flexibility index (Phi) is 4.09. The molecule has 1 aromatic heterocycles. The monoisotopic (exact) mass is 358 g/mol. The van der Waals surface area contributed by atoms with E-state index in [1.807, 2.05) is 12.1 Å². The van der Waals surface area contributed by atoms with E-state index >= 15 is 0 Å². The summed E-state index contributed by atoms with van der Waals surface area (Å²) >= 11 is 0. The number of aryl methyl sites for hydroxylation is 1. The molecule has 130 valence electrons. The Balaban J connectivity index is 1.57. The van der Waals surface area contributed by atoms with Crippen molar-refractivity contribution in [2.45, 2.75) is 37.0 Å². The molecule has 0 saturated carbocycles. The number of hydrogen-bond donors (Lipinski definition) is 1. The summed E-state index contributed by atoms with van der Waals surface area (Å²) in [6.45, 7) is 0.0184. The molecule has 4 nitrogen and oxygen atoms in total. The van der Waals surface area contributed by atoms with Crippen molar-refractivity contribution in [3.05, 3.63) is 65.9 Å². The molecule has 1 N–H and O–H groups in total. The zero-order chi connectivity index (χ0) is 17.4. The van der Waals surface area contributed by atoms with E-state index in [1.165, 1.54) is 35.3 Å². The van der Waals surface area contributed by atoms with Gasteiger partial charge >= 0.3 is 0 Å². The maximum atomic E-state index is 12.6. The highest BCUT2D eigenvalue weighted by molar-refractivity contribution is 7.89. The highest BCUT2D eigenvalue weighted by atomic mass is 32.2. The summed E-state index contributed by atoms with van der Waals surface area (Å²) in [7, 11) is -3.61. The van der Waals surface area contributed by atoms with Crippen LogP contribution in [0.3, 0.4) is 0 Å². The molecule has 3 aromatic rings. The van der Waals surface area contributed by atoms with Crippen molar-refractivity contribution in [1.29, 1.82) is 0 Å². The van der Waals surface area contributed by atoms with Crippen molar-refractivity contribution in [3.63, 3.8) is 0 Å². The predicted octanol–water partition coefficient (Wildman–Crippen LogP) is 3.40. The molecule has 0 radical (unpaired) electrons. The van der Waals surface area contributed by atoms with Gasteiger partial charge in [0.15, 0.2) is 0 Å². The van der Waals surface area contributed by atoms with Crippen LogP contribution in [0, 0.1) is 0 Å². The largest absolute Gasteiger partial charge is 0.343 e. The van der Waals surface area contributed by atoms with E-state index in [0.29, 0.717) is 12.1 Å². The van der Waals surface area contributed by atoms with Gasteiger partial charge in [0.05, 0.1) is 4.90 Å². The molecular formula is C19H19FN2O2S. The lowest BCUT2D eigenvalue weighted by molar-refractivity contribution is 0.433. The second-order valence-corrected chi connectivity index (χ2v) is 8.15. The molecular weight excluding hydrogens is 339 g/mol. The number of halogens is 1. The molecule has 2 aromatic carbocycles. The lowest BCUT2D eigenvalue weighted by atomic mass is 10.1. The van der Waals surface area contributed by atoms with Crippen LogP contribution in [0.5, 0.6) is 0 Å². The second kappa shape index (κ2) is 6.28. The van der Waals surface area contributed by atoms with Crippen molar-refractivity contribution in [3.8, 4) is 0 Å². The molecule has 1 unspecified atom stereocenters. The molecule has 2 heterocycles. The number of nitrogens with one attached hydrogen (secondary N) is 1. The predicted molar refractivity (Wildman–Crippen MR) is 95.6 cm³/mol. The summed E-state index contributed by atoms with van der Waals surface area (Å²) in [6.07, 6.45) is 1.60. The number of alkyl halides is 1. The van der Waals surface area contributed by atoms with Gasteiger partial charge < -0.3 is 4.57 Å². The van der Waals surface area contributed by atoms with Crippen LogP contribution in [0.2, 0.25) is 0 Å². The van der Waals surface area contributed by atoms with Gasteiger partial charge in [-0.15, -0.1) is 0 Å². The van der Waals surface area contributed by atoms with Crippen LogP contribution in [0.15, 0.2) is 59.5 Å². The fourth-order valence-electron chi connectivity index (χ4n) is 3.47. The first-order chi connectivity index (χ1) is 12.1. The zero-order valence-corrected chi connectivity index (χ0v) is 14.5. The maximum absolute atomic E-state index is 12.6. The summed E-state index contributed by atoms with van der Waals surface area (Å²) in [5.74, 6) is 0. The highest BCUT2D eigenvalue weighted by Crippen LogP contribution is 2.26. The van der Waals surface area contributed by atoms with Gasteiger partial charge in [-0.25, -0.2) is 17.5 Å². The van der Waals surface area contributed by atoms with Crippen LogP contribution in [-0.2, 0) is 29.7 Å². The van der Waals surface area contributed by atoms with Gasteiger partial charge in [0.25, 0.3) is 0 Å². The quantitative estimate of drug-likeness (QED) is 0.777. The van der Waals surface area contributed by atoms with Crippen LogP contribution in [-0.4, -0.2) is 19.0 Å². The minimum Gasteiger partial charge on any atom is -0.343 e. The molecule has 0 aliphatic carbocycles. The second-order valence-electron chi connectivity index (χ2n) is 6.44. The molecule has 0 bridgehead atoms. The summed E-state index contributed by atoms with van der Waals surface area (Å²) in [5.41, 5.74) is 2.85. The molecule has 25 heavy (non-hydrogen) atoms. The Morgan fingerprint density at radius 1 is 1.12 bits per heavy atom. The van der Waals surface area contributed by atoms with Crippen molar-refractivity contribution in [2.24, 2.45) is 0 Å². The minimum atomic E-state index is -3.61. The van der Waals surface area contributed by atoms with E-state index in [4.69, 9.17) is 0 Å². The third-order valence-corrected chi connectivity index (χ3v) is 6.29. The Labute approximate surface area is 146 Å². The maximum Gasteiger partial charge on any atom is 0.240 e. The van der Waals surface area contributed by atoms with Crippen molar-refractivity contribution in [1.82, 2.24) is 9.29 Å². The summed E-state index contributed by atoms with van der Waals surface area (Å²) in [5, 5.41) is 1.18. The topological polar surface area (TPSA) is 51.1 Å². The van der Waals surface area contributed by atoms with Crippen LogP contribution >= 0.6 is 0 Å². The molecule has 0 amide bonds. The van der Waals surface area contributed by atoms with Gasteiger partial charge in [0.2, 0.25) is 10.0 Å². The van der Waals surface area contributed by atoms with Gasteiger partial charge in [0, 0.05) is 23.8 Å². The van der Waals surface area contributed by atoms with Crippen molar-refractivity contribution in [2.75, 3.05) is 0 Å². The van der Waals surface area contributed by atoms with E-state index in [9.17, 15) is 12.8 Å². The average molecular weight is 358 g/mol. The zero-order valence-electron chi connectivity index (χ0n) is 13.7. The van der Waals surface area contributed by atoms with Gasteiger partial charge in [-0.1, -0.05) is 30.3 Å². The summed E-state index contributed by atoms with van der Waals surface area (Å²) in [6, 6.07) is 16.1. The van der Waals surface area contributed by atoms with E-state index in [2.05, 4.69) is 27.5 Å². The number of fused-ring (bicyclic) bond motifs is 3. The smallest absolute Gasteiger partial charge is 0.240 e. The van der Waals surface area contributed by atoms with Crippen LogP contribution in [0.25, 0.3) is 10.9 Å². The Bertz CT molecular complexity index is 1010. The standard InChI is InChI=1S/C19H19FN2O2S/c20-12-14-5-9-18(10-6-14)25(23,24)21-16-7-8-17-11-15-3-1-2-4-19(15)22(17)13-16/h1-6,9-11,16,21H,7-8,12-13H2. The van der Waals surface area contributed by atoms with Gasteiger partial charge in [0.1, 0.15) is 6.67 Å². The number of rotatable bonds is 4. The van der Waals surface area contributed by atoms with Crippen molar-refractivity contribution >= 4 is 20.9 Å². The fourth-order valence-corrected chi connectivity index (χ4v) is 4.73. The van der Waals surface area contributed by atoms with Crippen LogP contribution in [0.1, 0.15) is 17.7 Å². The number of sulfonamides is 1.